The quantitative estimate of drug-likeness (QED) is 0.390. The number of esters is 1. The fraction of sp³-hybridized carbons (Fsp3) is 0.250. The lowest BCUT2D eigenvalue weighted by atomic mass is 10.1. The van der Waals surface area contributed by atoms with Crippen LogP contribution < -0.4 is 4.74 Å². The minimum atomic E-state index is -0.449. The van der Waals surface area contributed by atoms with Gasteiger partial charge in [-0.2, -0.15) is 4.98 Å². The van der Waals surface area contributed by atoms with Crippen molar-refractivity contribution in [1.82, 2.24) is 19.5 Å². The van der Waals surface area contributed by atoms with Gasteiger partial charge in [-0.15, -0.1) is 0 Å². The second-order valence-corrected chi connectivity index (χ2v) is 8.50. The van der Waals surface area contributed by atoms with Crippen molar-refractivity contribution in [2.24, 2.45) is 0 Å². The number of carbonyl (C=O) groups excluding carboxylic acids is 1. The van der Waals surface area contributed by atoms with Gasteiger partial charge in [-0.05, 0) is 43.5 Å². The number of ether oxygens (including phenoxy) is 2. The van der Waals surface area contributed by atoms with Crippen LogP contribution in [0.25, 0.3) is 22.6 Å². The molecule has 0 N–H and O–H groups in total. The Labute approximate surface area is 190 Å². The molecule has 0 saturated heterocycles. The maximum absolute atomic E-state index is 11.9. The number of imidazole rings is 1. The van der Waals surface area contributed by atoms with E-state index in [0.717, 1.165) is 18.4 Å². The molecule has 2 aromatic carbocycles. The van der Waals surface area contributed by atoms with Crippen LogP contribution in [0, 0.1) is 0 Å². The highest BCUT2D eigenvalue weighted by molar-refractivity contribution is 6.33. The predicted octanol–water partition coefficient (Wildman–Crippen LogP) is 4.91. The lowest BCUT2D eigenvalue weighted by Crippen LogP contribution is -2.13. The van der Waals surface area contributed by atoms with Gasteiger partial charge in [0, 0.05) is 5.56 Å². The molecule has 8 heteroatoms. The average molecular weight is 449 g/mol. The summed E-state index contributed by atoms with van der Waals surface area (Å²) >= 11 is 6.60. The van der Waals surface area contributed by atoms with Crippen LogP contribution >= 0.6 is 11.6 Å². The summed E-state index contributed by atoms with van der Waals surface area (Å²) in [6, 6.07) is 15.1. The number of aromatic nitrogens is 4. The third-order valence-corrected chi connectivity index (χ3v) is 5.92. The Morgan fingerprint density at radius 2 is 1.94 bits per heavy atom. The Morgan fingerprint density at radius 3 is 2.62 bits per heavy atom. The molecular formula is C24H21ClN4O3. The molecule has 1 saturated carbocycles. The van der Waals surface area contributed by atoms with Crippen LogP contribution in [0.3, 0.4) is 0 Å². The molecule has 0 radical (unpaired) electrons. The molecule has 1 aliphatic rings. The fourth-order valence-electron chi connectivity index (χ4n) is 3.56. The molecule has 7 nitrogen and oxygen atoms in total. The van der Waals surface area contributed by atoms with E-state index in [1.165, 1.54) is 13.4 Å². The maximum atomic E-state index is 11.9. The van der Waals surface area contributed by atoms with Gasteiger partial charge in [0.15, 0.2) is 11.2 Å². The number of methoxy groups -OCH3 is 1. The topological polar surface area (TPSA) is 79.1 Å². The zero-order valence-electron chi connectivity index (χ0n) is 17.7. The Morgan fingerprint density at radius 1 is 1.16 bits per heavy atom. The molecule has 2 heterocycles. The van der Waals surface area contributed by atoms with Crippen molar-refractivity contribution < 1.29 is 14.3 Å². The largest absolute Gasteiger partial charge is 0.470 e. The van der Waals surface area contributed by atoms with Gasteiger partial charge in [0.1, 0.15) is 17.8 Å². The van der Waals surface area contributed by atoms with Gasteiger partial charge in [0.25, 0.3) is 0 Å². The zero-order chi connectivity index (χ0) is 22.3. The van der Waals surface area contributed by atoms with Crippen LogP contribution in [-0.4, -0.2) is 38.2 Å². The highest BCUT2D eigenvalue weighted by atomic mass is 35.5. The van der Waals surface area contributed by atoms with Gasteiger partial charge in [-0.1, -0.05) is 41.9 Å². The van der Waals surface area contributed by atoms with E-state index in [1.807, 2.05) is 34.9 Å². The van der Waals surface area contributed by atoms with E-state index < -0.39 is 5.97 Å². The molecule has 5 rings (SSSR count). The second kappa shape index (κ2) is 7.91. The Balaban J connectivity index is 1.67. The molecule has 0 amide bonds. The van der Waals surface area contributed by atoms with E-state index in [0.29, 0.717) is 45.6 Å². The number of fused-ring (bicyclic) bond motifs is 1. The molecule has 0 unspecified atom stereocenters. The number of halogens is 1. The lowest BCUT2D eigenvalue weighted by Gasteiger charge is -2.12. The van der Waals surface area contributed by atoms with E-state index in [4.69, 9.17) is 26.1 Å². The van der Waals surface area contributed by atoms with Gasteiger partial charge >= 0.3 is 5.97 Å². The normalized spacial score (nSPS) is 14.3. The minimum absolute atomic E-state index is 0.204. The summed E-state index contributed by atoms with van der Waals surface area (Å²) in [6.45, 7) is 2.60. The first-order chi connectivity index (χ1) is 15.5. The molecule has 1 fully saturated rings. The van der Waals surface area contributed by atoms with Crippen LogP contribution in [0.4, 0.5) is 0 Å². The van der Waals surface area contributed by atoms with Crippen molar-refractivity contribution in [2.45, 2.75) is 31.9 Å². The summed E-state index contributed by atoms with van der Waals surface area (Å²) in [5, 5.41) is 0.391. The first-order valence-corrected chi connectivity index (χ1v) is 10.7. The highest BCUT2D eigenvalue weighted by Crippen LogP contribution is 2.41. The van der Waals surface area contributed by atoms with Gasteiger partial charge in [-0.3, -0.25) is 0 Å². The smallest absolute Gasteiger partial charge is 0.337 e. The summed E-state index contributed by atoms with van der Waals surface area (Å²) < 4.78 is 13.0. The minimum Gasteiger partial charge on any atom is -0.470 e. The van der Waals surface area contributed by atoms with Gasteiger partial charge in [0.05, 0.1) is 24.2 Å². The number of benzene rings is 2. The van der Waals surface area contributed by atoms with Crippen molar-refractivity contribution in [2.75, 3.05) is 7.11 Å². The van der Waals surface area contributed by atoms with Crippen LogP contribution in [0.5, 0.6) is 5.88 Å². The summed E-state index contributed by atoms with van der Waals surface area (Å²) in [5.41, 5.74) is 3.18. The summed E-state index contributed by atoms with van der Waals surface area (Å²) in [5.74, 6) is 0.636. The van der Waals surface area contributed by atoms with Crippen molar-refractivity contribution in [1.29, 1.82) is 0 Å². The number of carbonyl (C=O) groups is 1. The second-order valence-electron chi connectivity index (χ2n) is 8.10. The van der Waals surface area contributed by atoms with Crippen molar-refractivity contribution in [3.8, 4) is 17.3 Å². The monoisotopic (exact) mass is 448 g/mol. The lowest BCUT2D eigenvalue weighted by molar-refractivity contribution is 0.0600. The molecule has 162 valence electrons. The predicted molar refractivity (Wildman–Crippen MR) is 121 cm³/mol. The van der Waals surface area contributed by atoms with E-state index in [9.17, 15) is 4.79 Å². The van der Waals surface area contributed by atoms with Crippen LogP contribution in [0.15, 0.2) is 54.9 Å². The first kappa shape index (κ1) is 20.5. The van der Waals surface area contributed by atoms with E-state index in [2.05, 4.69) is 16.9 Å². The van der Waals surface area contributed by atoms with Crippen LogP contribution in [0.1, 0.15) is 35.7 Å². The number of nitrogens with zero attached hydrogens (tertiary/aromatic N) is 4. The highest BCUT2D eigenvalue weighted by Gasteiger charge is 2.41. The Bertz CT molecular complexity index is 1320. The summed E-state index contributed by atoms with van der Waals surface area (Å²) in [4.78, 5) is 25.6. The molecule has 4 aromatic rings. The van der Waals surface area contributed by atoms with Crippen molar-refractivity contribution in [3.63, 3.8) is 0 Å². The molecule has 1 aliphatic carbocycles. The molecule has 0 atom stereocenters. The molecular weight excluding hydrogens is 428 g/mol. The standard InChI is InChI=1S/C24H21ClN4O3/c1-24(10-11-24)32-22-19-21(26-14-27-22)29(13-15-6-4-3-5-7-15)20(28-19)17-9-8-16(12-18(17)25)23(30)31-2/h3-9,12,14H,10-11,13H2,1-2H3. The van der Waals surface area contributed by atoms with Gasteiger partial charge in [0.2, 0.25) is 5.88 Å². The summed E-state index contributed by atoms with van der Waals surface area (Å²) in [7, 11) is 1.34. The SMILES string of the molecule is COC(=O)c1ccc(-c2nc3c(OC4(C)CC4)ncnc3n2Cc2ccccc2)c(Cl)c1. The Hall–Kier alpha value is -3.45. The number of hydrogen-bond acceptors (Lipinski definition) is 6. The number of hydrogen-bond donors (Lipinski definition) is 0. The molecule has 0 bridgehead atoms. The van der Waals surface area contributed by atoms with E-state index in [1.54, 1.807) is 18.2 Å². The van der Waals surface area contributed by atoms with E-state index >= 15 is 0 Å². The molecule has 0 aliphatic heterocycles. The molecule has 32 heavy (non-hydrogen) atoms. The van der Waals surface area contributed by atoms with Gasteiger partial charge < -0.3 is 14.0 Å². The third kappa shape index (κ3) is 3.80. The average Bonchev–Trinajstić information content (AvgIpc) is 3.42. The molecule has 2 aromatic heterocycles. The molecule has 0 spiro atoms. The number of rotatable bonds is 6. The zero-order valence-corrected chi connectivity index (χ0v) is 18.5. The van der Waals surface area contributed by atoms with Crippen molar-refractivity contribution >= 4 is 28.7 Å². The maximum Gasteiger partial charge on any atom is 0.337 e. The summed E-state index contributed by atoms with van der Waals surface area (Å²) in [6.07, 6.45) is 3.46. The first-order valence-electron chi connectivity index (χ1n) is 10.3. The van der Waals surface area contributed by atoms with Crippen molar-refractivity contribution in [3.05, 3.63) is 71.0 Å². The van der Waals surface area contributed by atoms with Crippen LogP contribution in [-0.2, 0) is 11.3 Å². The van der Waals surface area contributed by atoms with E-state index in [-0.39, 0.29) is 5.60 Å². The van der Waals surface area contributed by atoms with Crippen LogP contribution in [0.2, 0.25) is 5.02 Å². The fourth-order valence-corrected chi connectivity index (χ4v) is 3.83. The van der Waals surface area contributed by atoms with Gasteiger partial charge in [-0.25, -0.2) is 14.8 Å². The third-order valence-electron chi connectivity index (χ3n) is 5.61. The Kier molecular flexibility index (Phi) is 5.06.